The van der Waals surface area contributed by atoms with Gasteiger partial charge in [0.05, 0.1) is 0 Å². The quantitative estimate of drug-likeness (QED) is 0.0930. The van der Waals surface area contributed by atoms with Gasteiger partial charge in [-0.15, -0.1) is 0 Å². The van der Waals surface area contributed by atoms with Gasteiger partial charge in [-0.05, 0) is 356 Å². The molecule has 30 heteroatoms. The molecule has 0 aromatic rings. The number of hydrogen-bond donors (Lipinski definition) is 0. The molecule has 24 nitrogen and oxygen atoms in total. The Morgan fingerprint density at radius 2 is 0.560 bits per heavy atom. The van der Waals surface area contributed by atoms with Gasteiger partial charge in [-0.1, -0.05) is 6.92 Å². The third-order valence-electron chi connectivity index (χ3n) is 25.9. The molecule has 8 saturated heterocycles. The van der Waals surface area contributed by atoms with E-state index in [1.807, 2.05) is 42.6 Å². The Morgan fingerprint density at radius 3 is 0.793 bits per heavy atom. The number of nitrogens with zero attached hydrogens (tertiary/aromatic N) is 16. The highest BCUT2D eigenvalue weighted by Crippen LogP contribution is 2.37. The van der Waals surface area contributed by atoms with Crippen LogP contribution in [0.4, 0.5) is 26.3 Å². The van der Waals surface area contributed by atoms with Crippen LogP contribution in [0.25, 0.3) is 0 Å². The highest BCUT2D eigenvalue weighted by atomic mass is 19.4. The first-order valence-electron chi connectivity index (χ1n) is 44.7. The van der Waals surface area contributed by atoms with Crippen LogP contribution in [0.3, 0.4) is 0 Å². The van der Waals surface area contributed by atoms with Gasteiger partial charge in [0.15, 0.2) is 0 Å². The second kappa shape index (κ2) is 50.4. The summed E-state index contributed by atoms with van der Waals surface area (Å²) in [6.07, 6.45) is 18.5. The summed E-state index contributed by atoms with van der Waals surface area (Å²) in [5.74, 6) is -1.98. The molecule has 12 fully saturated rings. The van der Waals surface area contributed by atoms with Crippen molar-refractivity contribution in [2.45, 2.75) is 327 Å². The lowest BCUT2D eigenvalue weighted by atomic mass is 9.88. The average molecular weight is 1660 g/mol. The first kappa shape index (κ1) is 102. The van der Waals surface area contributed by atoms with Gasteiger partial charge in [0.1, 0.15) is 0 Å². The van der Waals surface area contributed by atoms with Gasteiger partial charge in [-0.2, -0.15) is 26.3 Å². The Hall–Kier alpha value is -4.98. The zero-order valence-corrected chi connectivity index (χ0v) is 75.1. The molecule has 12 rings (SSSR count). The van der Waals surface area contributed by atoms with Gasteiger partial charge >= 0.3 is 24.2 Å². The van der Waals surface area contributed by atoms with Crippen LogP contribution in [0.1, 0.15) is 236 Å². The Bertz CT molecular complexity index is 2810. The summed E-state index contributed by atoms with van der Waals surface area (Å²) in [6, 6.07) is 4.41. The Kier molecular flexibility index (Phi) is 44.2. The van der Waals surface area contributed by atoms with Gasteiger partial charge in [-0.25, -0.2) is 0 Å². The Labute approximate surface area is 695 Å². The van der Waals surface area contributed by atoms with Crippen molar-refractivity contribution >= 4 is 47.8 Å². The minimum atomic E-state index is -4.75. The third kappa shape index (κ3) is 34.5. The van der Waals surface area contributed by atoms with E-state index in [1.54, 1.807) is 34.6 Å². The fourth-order valence-corrected chi connectivity index (χ4v) is 18.2. The average Bonchev–Trinajstić information content (AvgIpc) is 1.48. The number of piperidine rings is 8. The molecule has 12 aliphatic rings. The SMILES string of the molecule is CC(=O)N(C(C)C)C1CCN(C)CC1.CC(=O)N(C1CC1)C1CCN(C)CC1.CC(=O)N(C1CCC1)C1CCN(C)CC1.CCC(=O)N(C1CC1)C1CCN(C)CC1.CCN(C(=O)C(F)(F)F)C1CCN(C)CC1.CCN(C(C)=O)C1CCN(C)CC1.CCN(C=O)C1CCN(C)CC1.CN1CCC(N(C(=O)C(F)(F)F)C2CC2)CC1. The smallest absolute Gasteiger partial charge is 0.342 e. The Balaban J connectivity index is 0.000000237. The van der Waals surface area contributed by atoms with Crippen molar-refractivity contribution in [3.05, 3.63) is 0 Å². The fourth-order valence-electron chi connectivity index (χ4n) is 18.2. The van der Waals surface area contributed by atoms with Crippen LogP contribution in [0, 0.1) is 0 Å². The molecule has 8 amide bonds. The molecular weight excluding hydrogens is 1500 g/mol. The second-order valence-corrected chi connectivity index (χ2v) is 35.6. The number of hydrogen-bond acceptors (Lipinski definition) is 16. The first-order valence-corrected chi connectivity index (χ1v) is 44.7. The predicted octanol–water partition coefficient (Wildman–Crippen LogP) is 10.0. The van der Waals surface area contributed by atoms with E-state index in [1.165, 1.54) is 57.8 Å². The maximum atomic E-state index is 12.5. The number of amides is 8. The summed E-state index contributed by atoms with van der Waals surface area (Å²) in [5, 5.41) is 0. The van der Waals surface area contributed by atoms with E-state index in [9.17, 15) is 64.7 Å². The molecule has 8 aliphatic heterocycles. The number of halogens is 6. The van der Waals surface area contributed by atoms with Crippen molar-refractivity contribution in [2.75, 3.05) is 181 Å². The summed E-state index contributed by atoms with van der Waals surface area (Å²) in [4.78, 5) is 124. The number of alkyl halides is 6. The van der Waals surface area contributed by atoms with Crippen LogP contribution in [-0.2, 0) is 38.4 Å². The van der Waals surface area contributed by atoms with Crippen LogP contribution >= 0.6 is 0 Å². The standard InChI is InChI=1S/2C12H22N2O.C11H17F3N2O.C11H20N2O.C11H22N2O.C10H17F3N2O.C10H20N2O.C9H18N2O/c1-10(15)14(11-4-3-5-11)12-6-8-13(2)9-7-12;1-3-12(15)14(10-4-5-10)11-6-8-13(2)9-7-11;1-15-6-4-9(5-7-15)16(8-2-3-8)10(17)11(12,13)14;1-9(14)13(10-3-4-10)11-5-7-12(2)8-6-11;1-9(2)13(10(3)14)11-5-7-12(4)8-6-11;1-3-15(9(16)10(11,12)13)8-4-6-14(2)7-5-8;1-4-12(9(2)13)10-5-7-11(3)8-6-10;1-3-11(8-12)9-4-6-10(2)7-5-9/h11-12H,3-9H2,1-2H3;10-11H,3-9H2,1-2H3;8-9H,2-7H2,1H3;10-11H,3-8H2,1-2H3;9,11H,5-8H2,1-4H3;8H,3-7H2,1-2H3;10H,4-8H2,1-3H3;8-9H,3-7H2,1-2H3. The third-order valence-corrected chi connectivity index (χ3v) is 25.9. The lowest BCUT2D eigenvalue weighted by Gasteiger charge is -2.44. The molecule has 0 aromatic heterocycles. The highest BCUT2D eigenvalue weighted by Gasteiger charge is 2.50. The van der Waals surface area contributed by atoms with Gasteiger partial charge < -0.3 is 78.4 Å². The van der Waals surface area contributed by atoms with Crippen molar-refractivity contribution in [2.24, 2.45) is 0 Å². The summed E-state index contributed by atoms with van der Waals surface area (Å²) in [6.45, 7) is 37.0. The molecular formula is C86H158F6N16O8. The van der Waals surface area contributed by atoms with Crippen molar-refractivity contribution in [3.63, 3.8) is 0 Å². The van der Waals surface area contributed by atoms with Crippen molar-refractivity contribution in [1.29, 1.82) is 0 Å². The van der Waals surface area contributed by atoms with Gasteiger partial charge in [0.25, 0.3) is 0 Å². The van der Waals surface area contributed by atoms with Gasteiger partial charge in [0, 0.05) is 132 Å². The minimum absolute atomic E-state index is 0.118. The molecule has 0 aromatic carbocycles. The second-order valence-electron chi connectivity index (χ2n) is 35.6. The summed E-state index contributed by atoms with van der Waals surface area (Å²) < 4.78 is 74.5. The zero-order valence-electron chi connectivity index (χ0n) is 75.1. The van der Waals surface area contributed by atoms with Gasteiger partial charge in [-0.3, -0.25) is 38.4 Å². The maximum absolute atomic E-state index is 12.5. The normalized spacial score (nSPS) is 22.4. The van der Waals surface area contributed by atoms with Crippen molar-refractivity contribution in [3.8, 4) is 0 Å². The first-order chi connectivity index (χ1) is 54.8. The molecule has 672 valence electrons. The van der Waals surface area contributed by atoms with E-state index in [0.29, 0.717) is 111 Å². The van der Waals surface area contributed by atoms with Crippen LogP contribution in [-0.4, -0.2) is 398 Å². The topological polar surface area (TPSA) is 188 Å². The monoisotopic (exact) mass is 1660 g/mol. The van der Waals surface area contributed by atoms with E-state index in [2.05, 4.69) is 117 Å². The maximum Gasteiger partial charge on any atom is 0.471 e. The lowest BCUT2D eigenvalue weighted by molar-refractivity contribution is -0.189. The van der Waals surface area contributed by atoms with Crippen LogP contribution in [0.5, 0.6) is 0 Å². The van der Waals surface area contributed by atoms with Gasteiger partial charge in [0.2, 0.25) is 35.9 Å². The largest absolute Gasteiger partial charge is 0.471 e. The molecule has 4 aliphatic carbocycles. The van der Waals surface area contributed by atoms with E-state index >= 15 is 0 Å². The van der Waals surface area contributed by atoms with E-state index in [-0.39, 0.29) is 48.3 Å². The molecule has 0 N–H and O–H groups in total. The molecule has 0 unspecified atom stereocenters. The molecule has 0 atom stereocenters. The molecule has 4 saturated carbocycles. The number of likely N-dealkylation sites (tertiary alicyclic amines) is 8. The van der Waals surface area contributed by atoms with Crippen molar-refractivity contribution in [1.82, 2.24) is 78.4 Å². The summed E-state index contributed by atoms with van der Waals surface area (Å²) in [7, 11) is 16.8. The van der Waals surface area contributed by atoms with Crippen LogP contribution < -0.4 is 0 Å². The number of carbonyl (C=O) groups excluding carboxylic acids is 8. The van der Waals surface area contributed by atoms with E-state index < -0.39 is 24.2 Å². The molecule has 0 spiro atoms. The molecule has 0 radical (unpaired) electrons. The Morgan fingerprint density at radius 1 is 0.310 bits per heavy atom. The van der Waals surface area contributed by atoms with Crippen LogP contribution in [0.15, 0.2) is 0 Å². The fraction of sp³-hybridized carbons (Fsp3) is 0.907. The minimum Gasteiger partial charge on any atom is -0.342 e. The summed E-state index contributed by atoms with van der Waals surface area (Å²) in [5.41, 5.74) is 0. The molecule has 116 heavy (non-hydrogen) atoms. The molecule has 8 heterocycles. The lowest BCUT2D eigenvalue weighted by Crippen LogP contribution is -2.52. The number of rotatable bonds is 18. The van der Waals surface area contributed by atoms with E-state index in [4.69, 9.17) is 0 Å². The van der Waals surface area contributed by atoms with E-state index in [0.717, 1.165) is 198 Å². The zero-order chi connectivity index (χ0) is 86.3. The molecule has 0 bridgehead atoms. The van der Waals surface area contributed by atoms with Crippen molar-refractivity contribution < 1.29 is 64.7 Å². The number of carbonyl (C=O) groups is 8. The summed E-state index contributed by atoms with van der Waals surface area (Å²) >= 11 is 0. The highest BCUT2D eigenvalue weighted by molar-refractivity contribution is 5.83. The van der Waals surface area contributed by atoms with Crippen LogP contribution in [0.2, 0.25) is 0 Å². The predicted molar refractivity (Wildman–Crippen MR) is 449 cm³/mol.